The van der Waals surface area contributed by atoms with E-state index in [-0.39, 0.29) is 12.1 Å². The molecule has 1 aliphatic carbocycles. The number of aromatic nitrogens is 3. The third-order valence-electron chi connectivity index (χ3n) is 7.30. The lowest BCUT2D eigenvalue weighted by Gasteiger charge is -2.27. The van der Waals surface area contributed by atoms with Crippen molar-refractivity contribution in [3.05, 3.63) is 90.9 Å². The molecule has 0 amide bonds. The third kappa shape index (κ3) is 4.24. The molecule has 3 aromatic heterocycles. The third-order valence-corrected chi connectivity index (χ3v) is 7.30. The minimum Gasteiger partial charge on any atom is -0.393 e. The van der Waals surface area contributed by atoms with Crippen molar-refractivity contribution in [3.63, 3.8) is 0 Å². The molecule has 37 heavy (non-hydrogen) atoms. The van der Waals surface area contributed by atoms with Gasteiger partial charge in [0.25, 0.3) is 0 Å². The van der Waals surface area contributed by atoms with Crippen LogP contribution in [0.15, 0.2) is 79.8 Å². The lowest BCUT2D eigenvalue weighted by atomic mass is 9.93. The van der Waals surface area contributed by atoms with Crippen LogP contribution in [0.3, 0.4) is 0 Å². The van der Waals surface area contributed by atoms with E-state index in [1.165, 1.54) is 0 Å². The molecule has 0 radical (unpaired) electrons. The van der Waals surface area contributed by atoms with Gasteiger partial charge in [-0.3, -0.25) is 4.98 Å². The van der Waals surface area contributed by atoms with Gasteiger partial charge in [-0.15, -0.1) is 0 Å². The zero-order valence-corrected chi connectivity index (χ0v) is 20.4. The summed E-state index contributed by atoms with van der Waals surface area (Å²) in [6.45, 7) is 4.07. The number of aliphatic hydroxyl groups excluding tert-OH is 1. The van der Waals surface area contributed by atoms with Gasteiger partial charge in [0.05, 0.1) is 22.9 Å². The Kier molecular flexibility index (Phi) is 5.91. The number of hydrogen-bond donors (Lipinski definition) is 2. The highest BCUT2D eigenvalue weighted by molar-refractivity contribution is 6.01. The van der Waals surface area contributed by atoms with E-state index in [1.54, 1.807) is 0 Å². The number of para-hydroxylation sites is 1. The Balaban J connectivity index is 1.45. The van der Waals surface area contributed by atoms with Crippen LogP contribution >= 0.6 is 0 Å². The lowest BCUT2D eigenvalue weighted by Crippen LogP contribution is -2.28. The first-order valence-electron chi connectivity index (χ1n) is 12.6. The monoisotopic (exact) mass is 485 g/mol. The van der Waals surface area contributed by atoms with Gasteiger partial charge in [0.1, 0.15) is 11.7 Å². The number of nitriles is 1. The molecule has 0 saturated heterocycles. The van der Waals surface area contributed by atoms with E-state index in [4.69, 9.17) is 4.98 Å². The smallest absolute Gasteiger partial charge is 0.145 e. The number of pyridine rings is 2. The molecule has 0 spiro atoms. The summed E-state index contributed by atoms with van der Waals surface area (Å²) in [5.74, 6) is 0. The Morgan fingerprint density at radius 1 is 1.05 bits per heavy atom. The first-order valence-corrected chi connectivity index (χ1v) is 12.6. The van der Waals surface area contributed by atoms with Crippen LogP contribution < -0.4 is 5.32 Å². The fourth-order valence-electron chi connectivity index (χ4n) is 5.33. The molecule has 5 aromatic rings. The molecule has 1 saturated carbocycles. The van der Waals surface area contributed by atoms with Gasteiger partial charge in [0, 0.05) is 52.2 Å². The quantitative estimate of drug-likeness (QED) is 0.298. The molecular formula is C31H27N5O. The molecule has 182 valence electrons. The van der Waals surface area contributed by atoms with Gasteiger partial charge in [-0.1, -0.05) is 30.9 Å². The number of benzene rings is 2. The average Bonchev–Trinajstić information content (AvgIpc) is 3.33. The molecule has 1 fully saturated rings. The molecule has 0 bridgehead atoms. The molecule has 0 aliphatic heterocycles. The second-order valence-electron chi connectivity index (χ2n) is 9.62. The maximum atomic E-state index is 9.87. The van der Waals surface area contributed by atoms with Gasteiger partial charge in [-0.05, 0) is 67.6 Å². The van der Waals surface area contributed by atoms with Crippen LogP contribution in [-0.2, 0) is 0 Å². The molecule has 3 heterocycles. The summed E-state index contributed by atoms with van der Waals surface area (Å²) >= 11 is 0. The number of hydrogen-bond acceptors (Lipinski definition) is 5. The minimum atomic E-state index is -0.221. The predicted molar refractivity (Wildman–Crippen MR) is 148 cm³/mol. The summed E-state index contributed by atoms with van der Waals surface area (Å²) in [7, 11) is 0. The Hall–Kier alpha value is -4.47. The first-order chi connectivity index (χ1) is 18.1. The van der Waals surface area contributed by atoms with E-state index >= 15 is 0 Å². The van der Waals surface area contributed by atoms with Crippen LogP contribution in [0, 0.1) is 11.3 Å². The maximum absolute atomic E-state index is 9.87. The number of nitrogens with one attached hydrogen (secondary N) is 1. The van der Waals surface area contributed by atoms with E-state index in [2.05, 4.69) is 39.6 Å². The van der Waals surface area contributed by atoms with E-state index < -0.39 is 0 Å². The summed E-state index contributed by atoms with van der Waals surface area (Å²) < 4.78 is 2.06. The van der Waals surface area contributed by atoms with Gasteiger partial charge in [-0.25, -0.2) is 4.98 Å². The van der Waals surface area contributed by atoms with Crippen molar-refractivity contribution >= 4 is 33.7 Å². The number of aliphatic hydroxyl groups is 1. The predicted octanol–water partition coefficient (Wildman–Crippen LogP) is 6.47. The van der Waals surface area contributed by atoms with Crippen LogP contribution in [0.1, 0.15) is 36.8 Å². The van der Waals surface area contributed by atoms with Gasteiger partial charge >= 0.3 is 0 Å². The number of nitrogens with zero attached hydrogens (tertiary/aromatic N) is 4. The Morgan fingerprint density at radius 3 is 2.70 bits per heavy atom. The zero-order chi connectivity index (χ0) is 25.4. The highest BCUT2D eigenvalue weighted by Crippen LogP contribution is 2.35. The van der Waals surface area contributed by atoms with Crippen molar-refractivity contribution in [1.29, 1.82) is 5.26 Å². The van der Waals surface area contributed by atoms with Gasteiger partial charge < -0.3 is 15.0 Å². The van der Waals surface area contributed by atoms with E-state index in [1.807, 2.05) is 67.1 Å². The summed E-state index contributed by atoms with van der Waals surface area (Å²) in [6, 6.07) is 20.6. The summed E-state index contributed by atoms with van der Waals surface area (Å²) in [5.41, 5.74) is 7.14. The van der Waals surface area contributed by atoms with Crippen molar-refractivity contribution < 1.29 is 5.11 Å². The van der Waals surface area contributed by atoms with Crippen molar-refractivity contribution in [1.82, 2.24) is 14.5 Å². The summed E-state index contributed by atoms with van der Waals surface area (Å²) in [6.07, 6.45) is 10.7. The van der Waals surface area contributed by atoms with Crippen molar-refractivity contribution in [3.8, 4) is 22.9 Å². The molecule has 2 N–H and O–H groups in total. The molecule has 1 aliphatic rings. The van der Waals surface area contributed by atoms with Crippen LogP contribution in [0.2, 0.25) is 0 Å². The molecular weight excluding hydrogens is 458 g/mol. The normalized spacial score (nSPS) is 17.5. The second-order valence-corrected chi connectivity index (χ2v) is 9.62. The lowest BCUT2D eigenvalue weighted by molar-refractivity contribution is 0.126. The van der Waals surface area contributed by atoms with Crippen molar-refractivity contribution in [2.45, 2.75) is 37.8 Å². The first kappa shape index (κ1) is 23.0. The average molecular weight is 486 g/mol. The van der Waals surface area contributed by atoms with Crippen LogP contribution in [-0.4, -0.2) is 31.8 Å². The van der Waals surface area contributed by atoms with Crippen LogP contribution in [0.5, 0.6) is 0 Å². The van der Waals surface area contributed by atoms with Crippen LogP contribution in [0.25, 0.3) is 44.8 Å². The molecule has 0 atom stereocenters. The maximum Gasteiger partial charge on any atom is 0.145 e. The Morgan fingerprint density at radius 2 is 1.89 bits per heavy atom. The largest absolute Gasteiger partial charge is 0.393 e. The van der Waals surface area contributed by atoms with Crippen molar-refractivity contribution in [2.24, 2.45) is 0 Å². The Bertz CT molecular complexity index is 1670. The van der Waals surface area contributed by atoms with Gasteiger partial charge in [0.2, 0.25) is 0 Å². The molecule has 6 heteroatoms. The number of fused-ring (bicyclic) bond motifs is 2. The topological polar surface area (TPSA) is 86.8 Å². The second kappa shape index (κ2) is 9.53. The van der Waals surface area contributed by atoms with Gasteiger partial charge in [0.15, 0.2) is 0 Å². The fourth-order valence-corrected chi connectivity index (χ4v) is 5.33. The number of rotatable bonds is 5. The van der Waals surface area contributed by atoms with Crippen molar-refractivity contribution in [2.75, 3.05) is 5.32 Å². The van der Waals surface area contributed by atoms with E-state index in [0.29, 0.717) is 5.56 Å². The SMILES string of the molecule is C=Cc1cn(-c2ccc(C#N)c(N[C@H]3CC[C@H](O)CC3)c2)c2nccc(-c3cnc4ccccc4c3)c12. The molecule has 0 unspecified atom stereocenters. The minimum absolute atomic E-state index is 0.221. The summed E-state index contributed by atoms with van der Waals surface area (Å²) in [4.78, 5) is 9.42. The Labute approximate surface area is 215 Å². The van der Waals surface area contributed by atoms with E-state index in [9.17, 15) is 10.4 Å². The number of anilines is 1. The van der Waals surface area contributed by atoms with E-state index in [0.717, 1.165) is 75.7 Å². The zero-order valence-electron chi connectivity index (χ0n) is 20.4. The molecule has 6 nitrogen and oxygen atoms in total. The van der Waals surface area contributed by atoms with Gasteiger partial charge in [-0.2, -0.15) is 5.26 Å². The molecule has 2 aromatic carbocycles. The standard InChI is InChI=1S/C31H27N5O/c1-2-20-19-36(25-10-7-22(17-32)29(16-25)35-24-8-11-26(37)12-9-24)31-30(20)27(13-14-33-31)23-15-21-5-3-4-6-28(21)34-18-23/h2-7,10,13-16,18-19,24,26,35,37H,1,8-9,11-12H2/t24-,26-. The van der Waals surface area contributed by atoms with Crippen LogP contribution in [0.4, 0.5) is 5.69 Å². The summed E-state index contributed by atoms with van der Waals surface area (Å²) in [5, 5.41) is 25.3. The molecule has 6 rings (SSSR count). The fraction of sp³-hybridized carbons (Fsp3) is 0.194. The highest BCUT2D eigenvalue weighted by Gasteiger charge is 2.21. The highest BCUT2D eigenvalue weighted by atomic mass is 16.3.